The monoisotopic (exact) mass is 400 g/mol. The van der Waals surface area contributed by atoms with Gasteiger partial charge in [0, 0.05) is 25.7 Å². The number of nitrogens with one attached hydrogen (secondary N) is 1. The highest BCUT2D eigenvalue weighted by atomic mass is 127. The molecule has 0 saturated heterocycles. The first-order valence-electron chi connectivity index (χ1n) is 6.18. The molecule has 8 heteroatoms. The molecule has 0 aliphatic heterocycles. The molecule has 0 bridgehead atoms. The molecule has 0 unspecified atom stereocenters. The average molecular weight is 400 g/mol. The molecule has 0 aliphatic carbocycles. The van der Waals surface area contributed by atoms with Crippen LogP contribution >= 0.6 is 24.0 Å². The Hall–Kier alpha value is -1.97. The van der Waals surface area contributed by atoms with Gasteiger partial charge in [0.1, 0.15) is 5.69 Å². The molecule has 112 valence electrons. The second kappa shape index (κ2) is 9.06. The Bertz CT molecular complexity index is 583. The number of aliphatic imine (C=N–C) groups is 1. The molecule has 3 N–H and O–H groups in total. The second-order valence-corrected chi connectivity index (χ2v) is 3.92. The van der Waals surface area contributed by atoms with Crippen LogP contribution in [-0.4, -0.2) is 34.2 Å². The number of nitrogens with two attached hydrogens (primary N) is 1. The summed E-state index contributed by atoms with van der Waals surface area (Å²) in [4.78, 5) is 12.5. The first kappa shape index (κ1) is 17.1. The third-order valence-electron chi connectivity index (χ3n) is 2.40. The van der Waals surface area contributed by atoms with Crippen molar-refractivity contribution < 1.29 is 4.52 Å². The van der Waals surface area contributed by atoms with Gasteiger partial charge in [0.15, 0.2) is 11.8 Å². The molecular weight excluding hydrogens is 383 g/mol. The van der Waals surface area contributed by atoms with Crippen LogP contribution in [0.3, 0.4) is 0 Å². The normalized spacial score (nSPS) is 10.8. The van der Waals surface area contributed by atoms with E-state index in [-0.39, 0.29) is 24.0 Å². The van der Waals surface area contributed by atoms with E-state index in [4.69, 9.17) is 10.3 Å². The van der Waals surface area contributed by atoms with Crippen molar-refractivity contribution in [3.63, 3.8) is 0 Å². The number of rotatable bonds is 6. The standard InChI is InChI=1S/C13H16N6O.HI/c1-2-7-16-13(14)17-9-6-11-18-12(20-19-11)10-5-3-4-8-15-10;/h2-5,8H,1,6-7,9H2,(H3,14,16,17);1H. The molecule has 0 radical (unpaired) electrons. The Morgan fingerprint density at radius 2 is 2.33 bits per heavy atom. The molecule has 0 amide bonds. The van der Waals surface area contributed by atoms with Crippen LogP contribution in [0.15, 0.2) is 46.6 Å². The summed E-state index contributed by atoms with van der Waals surface area (Å²) in [7, 11) is 0. The molecule has 2 aromatic heterocycles. The van der Waals surface area contributed by atoms with Crippen LogP contribution in [0.5, 0.6) is 0 Å². The third-order valence-corrected chi connectivity index (χ3v) is 2.40. The van der Waals surface area contributed by atoms with Crippen molar-refractivity contribution >= 4 is 29.9 Å². The molecule has 0 fully saturated rings. The van der Waals surface area contributed by atoms with E-state index < -0.39 is 0 Å². The Morgan fingerprint density at radius 3 is 3.05 bits per heavy atom. The predicted octanol–water partition coefficient (Wildman–Crippen LogP) is 1.38. The van der Waals surface area contributed by atoms with Crippen molar-refractivity contribution in [3.05, 3.63) is 42.9 Å². The smallest absolute Gasteiger partial charge is 0.276 e. The van der Waals surface area contributed by atoms with Gasteiger partial charge in [-0.05, 0) is 12.1 Å². The minimum atomic E-state index is 0. The van der Waals surface area contributed by atoms with Gasteiger partial charge in [0.25, 0.3) is 5.89 Å². The maximum Gasteiger partial charge on any atom is 0.276 e. The van der Waals surface area contributed by atoms with E-state index in [1.54, 1.807) is 12.3 Å². The summed E-state index contributed by atoms with van der Waals surface area (Å²) in [5, 5.41) is 6.76. The molecular formula is C13H17IN6O. The fraction of sp³-hybridized carbons (Fsp3) is 0.231. The lowest BCUT2D eigenvalue weighted by molar-refractivity contribution is 0.421. The Morgan fingerprint density at radius 1 is 1.48 bits per heavy atom. The Balaban J connectivity index is 0.00000220. The number of guanidine groups is 1. The molecule has 2 aromatic rings. The van der Waals surface area contributed by atoms with Crippen molar-refractivity contribution in [1.82, 2.24) is 20.4 Å². The van der Waals surface area contributed by atoms with Crippen molar-refractivity contribution in [3.8, 4) is 11.6 Å². The second-order valence-electron chi connectivity index (χ2n) is 3.92. The quantitative estimate of drug-likeness (QED) is 0.329. The number of aromatic nitrogens is 3. The van der Waals surface area contributed by atoms with Gasteiger partial charge < -0.3 is 15.6 Å². The number of pyridine rings is 1. The largest absolute Gasteiger partial charge is 0.370 e. The SMILES string of the molecule is C=CCNC(N)=NCCc1noc(-c2ccccn2)n1.I. The zero-order chi connectivity index (χ0) is 14.2. The maximum absolute atomic E-state index is 5.64. The van der Waals surface area contributed by atoms with E-state index in [1.807, 2.05) is 18.2 Å². The van der Waals surface area contributed by atoms with Crippen LogP contribution in [0.4, 0.5) is 0 Å². The van der Waals surface area contributed by atoms with Gasteiger partial charge in [-0.3, -0.25) is 9.98 Å². The molecule has 2 rings (SSSR count). The fourth-order valence-electron chi connectivity index (χ4n) is 1.46. The summed E-state index contributed by atoms with van der Waals surface area (Å²) in [6.45, 7) is 4.65. The molecule has 7 nitrogen and oxygen atoms in total. The first-order valence-corrected chi connectivity index (χ1v) is 6.18. The molecule has 2 heterocycles. The van der Waals surface area contributed by atoms with Gasteiger partial charge >= 0.3 is 0 Å². The maximum atomic E-state index is 5.64. The van der Waals surface area contributed by atoms with Crippen LogP contribution in [-0.2, 0) is 6.42 Å². The van der Waals surface area contributed by atoms with Gasteiger partial charge in [-0.15, -0.1) is 30.6 Å². The van der Waals surface area contributed by atoms with Crippen LogP contribution in [0.1, 0.15) is 5.82 Å². The van der Waals surface area contributed by atoms with Gasteiger partial charge in [-0.25, -0.2) is 0 Å². The summed E-state index contributed by atoms with van der Waals surface area (Å²) >= 11 is 0. The average Bonchev–Trinajstić information content (AvgIpc) is 2.95. The van der Waals surface area contributed by atoms with Crippen LogP contribution in [0, 0.1) is 0 Å². The van der Waals surface area contributed by atoms with Crippen molar-refractivity contribution in [2.75, 3.05) is 13.1 Å². The van der Waals surface area contributed by atoms with E-state index in [2.05, 4.69) is 32.0 Å². The van der Waals surface area contributed by atoms with Crippen LogP contribution < -0.4 is 11.1 Å². The topological polar surface area (TPSA) is 102 Å². The molecule has 0 aliphatic rings. The number of halogens is 1. The zero-order valence-corrected chi connectivity index (χ0v) is 13.7. The molecule has 21 heavy (non-hydrogen) atoms. The van der Waals surface area contributed by atoms with E-state index in [9.17, 15) is 0 Å². The minimum Gasteiger partial charge on any atom is -0.370 e. The zero-order valence-electron chi connectivity index (χ0n) is 11.4. The van der Waals surface area contributed by atoms with Gasteiger partial charge in [-0.2, -0.15) is 4.98 Å². The highest BCUT2D eigenvalue weighted by molar-refractivity contribution is 14.0. The van der Waals surface area contributed by atoms with Gasteiger partial charge in [-0.1, -0.05) is 17.3 Å². The molecule has 0 aromatic carbocycles. The first-order chi connectivity index (χ1) is 9.79. The van der Waals surface area contributed by atoms with Gasteiger partial charge in [0.05, 0.1) is 0 Å². The van der Waals surface area contributed by atoms with E-state index in [0.717, 1.165) is 0 Å². The summed E-state index contributed by atoms with van der Waals surface area (Å²) < 4.78 is 5.14. The highest BCUT2D eigenvalue weighted by Crippen LogP contribution is 2.13. The van der Waals surface area contributed by atoms with Crippen molar-refractivity contribution in [2.45, 2.75) is 6.42 Å². The van der Waals surface area contributed by atoms with Gasteiger partial charge in [0.2, 0.25) is 0 Å². The third kappa shape index (κ3) is 5.50. The number of hydrogen-bond donors (Lipinski definition) is 2. The van der Waals surface area contributed by atoms with E-state index >= 15 is 0 Å². The van der Waals surface area contributed by atoms with Crippen molar-refractivity contribution in [1.29, 1.82) is 0 Å². The summed E-state index contributed by atoms with van der Waals surface area (Å²) in [5.41, 5.74) is 6.29. The Labute approximate surface area is 139 Å². The van der Waals surface area contributed by atoms with Crippen LogP contribution in [0.25, 0.3) is 11.6 Å². The Kier molecular flexibility index (Phi) is 7.37. The van der Waals surface area contributed by atoms with Crippen molar-refractivity contribution in [2.24, 2.45) is 10.7 Å². The fourth-order valence-corrected chi connectivity index (χ4v) is 1.46. The summed E-state index contributed by atoms with van der Waals surface area (Å²) in [6.07, 6.45) is 3.93. The molecule has 0 spiro atoms. The molecule has 0 saturated carbocycles. The lowest BCUT2D eigenvalue weighted by Crippen LogP contribution is -2.31. The lowest BCUT2D eigenvalue weighted by atomic mass is 10.3. The molecule has 0 atom stereocenters. The number of nitrogens with zero attached hydrogens (tertiary/aromatic N) is 4. The van der Waals surface area contributed by atoms with E-state index in [0.29, 0.717) is 42.9 Å². The summed E-state index contributed by atoms with van der Waals surface area (Å²) in [5.74, 6) is 1.35. The van der Waals surface area contributed by atoms with Crippen LogP contribution in [0.2, 0.25) is 0 Å². The van der Waals surface area contributed by atoms with E-state index in [1.165, 1.54) is 0 Å². The number of hydrogen-bond acceptors (Lipinski definition) is 5. The summed E-state index contributed by atoms with van der Waals surface area (Å²) in [6, 6.07) is 5.50. The highest BCUT2D eigenvalue weighted by Gasteiger charge is 2.08. The predicted molar refractivity (Wildman–Crippen MR) is 91.3 cm³/mol. The minimum absolute atomic E-state index is 0. The lowest BCUT2D eigenvalue weighted by Gasteiger charge is -2.00.